The topological polar surface area (TPSA) is 164 Å². The third-order valence-electron chi connectivity index (χ3n) is 5.48. The van der Waals surface area contributed by atoms with Crippen LogP contribution in [-0.4, -0.2) is 70.0 Å². The molecule has 12 nitrogen and oxygen atoms in total. The van der Waals surface area contributed by atoms with Crippen LogP contribution in [0.4, 0.5) is 5.69 Å². The molecule has 0 saturated heterocycles. The van der Waals surface area contributed by atoms with Crippen LogP contribution in [0.15, 0.2) is 35.3 Å². The number of hydrogen-bond donors (Lipinski definition) is 3. The van der Waals surface area contributed by atoms with Crippen LogP contribution in [0.3, 0.4) is 0 Å². The second kappa shape index (κ2) is 17.5. The Morgan fingerprint density at radius 1 is 1.16 bits per heavy atom. The summed E-state index contributed by atoms with van der Waals surface area (Å²) < 4.78 is 6.00. The van der Waals surface area contributed by atoms with E-state index in [1.54, 1.807) is 11.8 Å². The molecule has 3 N–H and O–H groups in total. The maximum absolute atomic E-state index is 13.0. The third-order valence-corrected chi connectivity index (χ3v) is 5.48. The van der Waals surface area contributed by atoms with E-state index in [4.69, 9.17) is 9.84 Å². The van der Waals surface area contributed by atoms with Gasteiger partial charge in [0.15, 0.2) is 0 Å². The number of aromatic nitrogens is 1. The number of carboxylic acid groups (broad SMARTS) is 1. The number of anilines is 1. The summed E-state index contributed by atoms with van der Waals surface area (Å²) in [5.41, 5.74) is -0.660. The zero-order chi connectivity index (χ0) is 28.5. The van der Waals surface area contributed by atoms with Crippen LogP contribution in [0.25, 0.3) is 0 Å². The molecule has 210 valence electrons. The summed E-state index contributed by atoms with van der Waals surface area (Å²) in [6, 6.07) is 1.80. The molecule has 0 aliphatic heterocycles. The van der Waals surface area contributed by atoms with Gasteiger partial charge >= 0.3 is 11.9 Å². The summed E-state index contributed by atoms with van der Waals surface area (Å²) in [7, 11) is 0. The zero-order valence-electron chi connectivity index (χ0n) is 22.2. The number of aliphatic carboxylic acids is 1. The molecule has 0 fully saturated rings. The molecule has 1 atom stereocenters. The fraction of sp³-hybridized carbons (Fsp3) is 0.538. The molecule has 38 heavy (non-hydrogen) atoms. The van der Waals surface area contributed by atoms with Gasteiger partial charge in [0.2, 0.25) is 17.7 Å². The molecule has 0 aromatic carbocycles. The number of ether oxygens (including phenoxy) is 1. The number of hydrogen-bond acceptors (Lipinski definition) is 7. The van der Waals surface area contributed by atoms with Gasteiger partial charge in [0.1, 0.15) is 18.3 Å². The predicted molar refractivity (Wildman–Crippen MR) is 140 cm³/mol. The molecule has 0 spiro atoms. The quantitative estimate of drug-likeness (QED) is 0.201. The summed E-state index contributed by atoms with van der Waals surface area (Å²) in [6.07, 6.45) is 5.47. The maximum atomic E-state index is 13.0. The second-order valence-corrected chi connectivity index (χ2v) is 8.42. The molecule has 1 heterocycles. The monoisotopic (exact) mass is 534 g/mol. The molecule has 0 saturated carbocycles. The van der Waals surface area contributed by atoms with Gasteiger partial charge in [0.25, 0.3) is 5.56 Å². The van der Waals surface area contributed by atoms with E-state index in [1.165, 1.54) is 35.0 Å². The fourth-order valence-corrected chi connectivity index (χ4v) is 3.42. The van der Waals surface area contributed by atoms with Crippen LogP contribution in [0.1, 0.15) is 59.3 Å². The summed E-state index contributed by atoms with van der Waals surface area (Å²) >= 11 is 0. The first kappa shape index (κ1) is 32.1. The van der Waals surface area contributed by atoms with Gasteiger partial charge in [-0.15, -0.1) is 0 Å². The Labute approximate surface area is 222 Å². The molecule has 12 heteroatoms. The van der Waals surface area contributed by atoms with Crippen molar-refractivity contribution in [2.24, 2.45) is 0 Å². The number of esters is 1. The van der Waals surface area contributed by atoms with E-state index in [2.05, 4.69) is 10.6 Å². The number of amides is 3. The SMILES string of the molecule is CCCCN(CC)C(=O)Cn1cccc(NC(=O)C(CC/C=C/C(=O)OCC)NC(=O)CCC(=O)O)c1=O. The van der Waals surface area contributed by atoms with E-state index in [0.29, 0.717) is 13.1 Å². The number of rotatable bonds is 17. The van der Waals surface area contributed by atoms with Crippen molar-refractivity contribution >= 4 is 35.3 Å². The Balaban J connectivity index is 2.99. The number of carbonyl (C=O) groups is 5. The van der Waals surface area contributed by atoms with E-state index >= 15 is 0 Å². The normalized spacial score (nSPS) is 11.6. The Bertz CT molecular complexity index is 1050. The van der Waals surface area contributed by atoms with Crippen LogP contribution >= 0.6 is 0 Å². The highest BCUT2D eigenvalue weighted by atomic mass is 16.5. The largest absolute Gasteiger partial charge is 0.481 e. The van der Waals surface area contributed by atoms with Gasteiger partial charge in [-0.2, -0.15) is 0 Å². The van der Waals surface area contributed by atoms with Gasteiger partial charge in [0, 0.05) is 31.8 Å². The van der Waals surface area contributed by atoms with Crippen LogP contribution in [-0.2, 0) is 35.3 Å². The van der Waals surface area contributed by atoms with Crippen LogP contribution < -0.4 is 16.2 Å². The number of likely N-dealkylation sites (N-methyl/N-ethyl adjacent to an activating group) is 1. The highest BCUT2D eigenvalue weighted by Gasteiger charge is 2.22. The number of nitrogens with one attached hydrogen (secondary N) is 2. The minimum absolute atomic E-state index is 0.0724. The summed E-state index contributed by atoms with van der Waals surface area (Å²) in [5.74, 6) is -3.27. The van der Waals surface area contributed by atoms with Crippen LogP contribution in [0.5, 0.6) is 0 Å². The fourth-order valence-electron chi connectivity index (χ4n) is 3.42. The standard InChI is InChI=1S/C26H38N4O8/c1-4-7-16-29(5-2)22(32)18-30-17-10-12-20(26(30)37)28-25(36)19(27-21(31)14-15-23(33)34)11-8-9-13-24(35)38-6-3/h9-10,12-13,17,19H,4-8,11,14-16,18H2,1-3H3,(H,27,31)(H,28,36)(H,33,34)/b13-9+. The first-order chi connectivity index (χ1) is 18.1. The third kappa shape index (κ3) is 11.8. The van der Waals surface area contributed by atoms with E-state index in [-0.39, 0.29) is 44.0 Å². The molecule has 0 bridgehead atoms. The maximum Gasteiger partial charge on any atom is 0.330 e. The average Bonchev–Trinajstić information content (AvgIpc) is 2.87. The lowest BCUT2D eigenvalue weighted by Gasteiger charge is -2.21. The van der Waals surface area contributed by atoms with Gasteiger partial charge < -0.3 is 29.9 Å². The average molecular weight is 535 g/mol. The van der Waals surface area contributed by atoms with Gasteiger partial charge in [-0.25, -0.2) is 4.79 Å². The Kier molecular flexibility index (Phi) is 14.8. The lowest BCUT2D eigenvalue weighted by molar-refractivity contribution is -0.139. The molecule has 0 radical (unpaired) electrons. The van der Waals surface area contributed by atoms with E-state index in [0.717, 1.165) is 12.8 Å². The van der Waals surface area contributed by atoms with Gasteiger partial charge in [0.05, 0.1) is 13.0 Å². The number of carbonyl (C=O) groups excluding carboxylic acids is 4. The minimum Gasteiger partial charge on any atom is -0.481 e. The lowest BCUT2D eigenvalue weighted by Crippen LogP contribution is -2.44. The number of pyridine rings is 1. The molecule has 0 aliphatic rings. The smallest absolute Gasteiger partial charge is 0.330 e. The van der Waals surface area contributed by atoms with Crippen molar-refractivity contribution in [2.45, 2.75) is 71.9 Å². The van der Waals surface area contributed by atoms with Crippen molar-refractivity contribution in [3.8, 4) is 0 Å². The first-order valence-electron chi connectivity index (χ1n) is 12.7. The minimum atomic E-state index is -1.16. The molecular weight excluding hydrogens is 496 g/mol. The molecule has 1 unspecified atom stereocenters. The molecule has 3 amide bonds. The number of carboxylic acids is 1. The number of unbranched alkanes of at least 4 members (excludes halogenated alkanes) is 1. The van der Waals surface area contributed by atoms with Crippen molar-refractivity contribution in [1.29, 1.82) is 0 Å². The van der Waals surface area contributed by atoms with Crippen molar-refractivity contribution in [3.05, 3.63) is 40.8 Å². The van der Waals surface area contributed by atoms with Crippen molar-refractivity contribution in [2.75, 3.05) is 25.0 Å². The Morgan fingerprint density at radius 3 is 2.53 bits per heavy atom. The summed E-state index contributed by atoms with van der Waals surface area (Å²) in [5, 5.41) is 13.8. The first-order valence-corrected chi connectivity index (χ1v) is 12.7. The summed E-state index contributed by atoms with van der Waals surface area (Å²) in [4.78, 5) is 74.7. The van der Waals surface area contributed by atoms with E-state index in [1.807, 2.05) is 13.8 Å². The van der Waals surface area contributed by atoms with Gasteiger partial charge in [-0.3, -0.25) is 24.0 Å². The highest BCUT2D eigenvalue weighted by molar-refractivity contribution is 5.97. The van der Waals surface area contributed by atoms with Gasteiger partial charge in [-0.1, -0.05) is 19.4 Å². The van der Waals surface area contributed by atoms with Crippen LogP contribution in [0.2, 0.25) is 0 Å². The highest BCUT2D eigenvalue weighted by Crippen LogP contribution is 2.07. The predicted octanol–water partition coefficient (Wildman–Crippen LogP) is 1.68. The lowest BCUT2D eigenvalue weighted by atomic mass is 10.1. The molecular formula is C26H38N4O8. The molecule has 1 aromatic rings. The zero-order valence-corrected chi connectivity index (χ0v) is 22.2. The molecule has 1 aromatic heterocycles. The Morgan fingerprint density at radius 2 is 1.89 bits per heavy atom. The van der Waals surface area contributed by atoms with E-state index in [9.17, 15) is 28.8 Å². The number of nitrogens with zero attached hydrogens (tertiary/aromatic N) is 2. The second-order valence-electron chi connectivity index (χ2n) is 8.42. The number of allylic oxidation sites excluding steroid dienone is 1. The van der Waals surface area contributed by atoms with Crippen molar-refractivity contribution in [3.63, 3.8) is 0 Å². The van der Waals surface area contributed by atoms with Gasteiger partial charge in [-0.05, 0) is 45.2 Å². The van der Waals surface area contributed by atoms with Crippen molar-refractivity contribution < 1.29 is 33.8 Å². The summed E-state index contributed by atoms with van der Waals surface area (Å²) in [6.45, 7) is 6.67. The van der Waals surface area contributed by atoms with Crippen LogP contribution in [0, 0.1) is 0 Å². The van der Waals surface area contributed by atoms with Crippen molar-refractivity contribution in [1.82, 2.24) is 14.8 Å². The Hall–Kier alpha value is -3.96. The molecule has 1 rings (SSSR count). The van der Waals surface area contributed by atoms with E-state index < -0.39 is 41.8 Å². The molecule has 0 aliphatic carbocycles.